The van der Waals surface area contributed by atoms with Gasteiger partial charge in [-0.15, -0.1) is 0 Å². The summed E-state index contributed by atoms with van der Waals surface area (Å²) in [4.78, 5) is 37.1. The summed E-state index contributed by atoms with van der Waals surface area (Å²) in [6, 6.07) is 5.27. The molecule has 0 fully saturated rings. The lowest BCUT2D eigenvalue weighted by molar-refractivity contribution is -0.148. The molecular formula is C23H28O4. The van der Waals surface area contributed by atoms with Crippen LogP contribution in [0.15, 0.2) is 41.5 Å². The molecule has 4 heteroatoms. The molecule has 0 amide bonds. The number of Topliss-reactive ketones (excluding diaryl/α,β-unsaturated/α-hetero) is 2. The number of esters is 1. The molecule has 2 rings (SSSR count). The van der Waals surface area contributed by atoms with Crippen molar-refractivity contribution >= 4 is 17.5 Å². The monoisotopic (exact) mass is 368 g/mol. The van der Waals surface area contributed by atoms with Crippen molar-refractivity contribution < 1.29 is 19.1 Å². The molecule has 0 aliphatic heterocycles. The molecule has 0 heterocycles. The molecule has 1 unspecified atom stereocenters. The molecule has 144 valence electrons. The molecule has 1 aromatic carbocycles. The number of benzene rings is 1. The molecule has 1 aliphatic rings. The third-order valence-corrected chi connectivity index (χ3v) is 4.61. The van der Waals surface area contributed by atoms with Crippen LogP contribution in [0.5, 0.6) is 0 Å². The minimum atomic E-state index is -1.33. The molecule has 1 atom stereocenters. The normalized spacial score (nSPS) is 16.5. The molecular weight excluding hydrogens is 340 g/mol. The summed E-state index contributed by atoms with van der Waals surface area (Å²) >= 11 is 0. The molecule has 4 nitrogen and oxygen atoms in total. The van der Waals surface area contributed by atoms with Crippen LogP contribution in [0, 0.1) is 5.92 Å². The van der Waals surface area contributed by atoms with Gasteiger partial charge in [0.1, 0.15) is 0 Å². The Balaban J connectivity index is 2.18. The van der Waals surface area contributed by atoms with E-state index in [4.69, 9.17) is 4.74 Å². The van der Waals surface area contributed by atoms with Crippen molar-refractivity contribution in [2.24, 2.45) is 5.92 Å². The summed E-state index contributed by atoms with van der Waals surface area (Å²) < 4.78 is 5.18. The Kier molecular flexibility index (Phi) is 6.89. The van der Waals surface area contributed by atoms with Crippen LogP contribution in [0.3, 0.4) is 0 Å². The number of ketones is 2. The Morgan fingerprint density at radius 3 is 2.44 bits per heavy atom. The molecule has 1 aromatic rings. The molecule has 27 heavy (non-hydrogen) atoms. The molecule has 0 saturated heterocycles. The van der Waals surface area contributed by atoms with Gasteiger partial charge in [0.05, 0.1) is 5.92 Å². The maximum absolute atomic E-state index is 12.8. The van der Waals surface area contributed by atoms with Crippen LogP contribution in [0.4, 0.5) is 0 Å². The van der Waals surface area contributed by atoms with Crippen LogP contribution in [0.2, 0.25) is 0 Å². The number of ether oxygens (including phenoxy) is 1. The highest BCUT2D eigenvalue weighted by atomic mass is 16.6. The molecule has 0 aromatic heterocycles. The lowest BCUT2D eigenvalue weighted by atomic mass is 9.98. The quantitative estimate of drug-likeness (QED) is 0.391. The predicted octanol–water partition coefficient (Wildman–Crippen LogP) is 4.87. The lowest BCUT2D eigenvalue weighted by Gasteiger charge is -2.11. The number of hydrogen-bond acceptors (Lipinski definition) is 4. The Morgan fingerprint density at radius 1 is 1.11 bits per heavy atom. The van der Waals surface area contributed by atoms with E-state index in [2.05, 4.69) is 32.9 Å². The van der Waals surface area contributed by atoms with Crippen molar-refractivity contribution in [2.45, 2.75) is 60.0 Å². The minimum Gasteiger partial charge on any atom is -0.445 e. The first-order valence-corrected chi connectivity index (χ1v) is 9.42. The van der Waals surface area contributed by atoms with E-state index in [1.165, 1.54) is 11.1 Å². The standard InChI is InChI=1S/C23H28O4/c1-14(2)8-6-9-16(5)12-13-17-10-7-11-18-19(17)21(25)22(20(18)24)27-23(26)15(3)4/h7-8,10-12,15,22H,6,9,13H2,1-5H3/b16-12+. The topological polar surface area (TPSA) is 60.4 Å². The van der Waals surface area contributed by atoms with Gasteiger partial charge in [-0.05, 0) is 45.6 Å². The van der Waals surface area contributed by atoms with Gasteiger partial charge < -0.3 is 4.74 Å². The van der Waals surface area contributed by atoms with Crippen LogP contribution in [-0.4, -0.2) is 23.6 Å². The third kappa shape index (κ3) is 5.03. The highest BCUT2D eigenvalue weighted by Gasteiger charge is 2.42. The maximum atomic E-state index is 12.8. The minimum absolute atomic E-state index is 0.356. The Hall–Kier alpha value is -2.49. The average molecular weight is 368 g/mol. The zero-order valence-electron chi connectivity index (χ0n) is 16.8. The Bertz CT molecular complexity index is 808. The van der Waals surface area contributed by atoms with Crippen molar-refractivity contribution in [1.82, 2.24) is 0 Å². The maximum Gasteiger partial charge on any atom is 0.309 e. The van der Waals surface area contributed by atoms with E-state index in [9.17, 15) is 14.4 Å². The number of fused-ring (bicyclic) bond motifs is 1. The summed E-state index contributed by atoms with van der Waals surface area (Å²) in [6.45, 7) is 9.58. The average Bonchev–Trinajstić information content (AvgIpc) is 2.85. The highest BCUT2D eigenvalue weighted by Crippen LogP contribution is 2.29. The fourth-order valence-electron chi connectivity index (χ4n) is 2.99. The molecule has 0 saturated carbocycles. The Morgan fingerprint density at radius 2 is 1.81 bits per heavy atom. The van der Waals surface area contributed by atoms with Gasteiger partial charge >= 0.3 is 5.97 Å². The zero-order chi connectivity index (χ0) is 20.1. The SMILES string of the molecule is CC(C)=CCC/C(C)=C/Cc1cccc2c1C(=O)C(OC(=O)C(C)C)C2=O. The van der Waals surface area contributed by atoms with Gasteiger partial charge in [-0.2, -0.15) is 0 Å². The van der Waals surface area contributed by atoms with Crippen LogP contribution in [-0.2, 0) is 16.0 Å². The van der Waals surface area contributed by atoms with Gasteiger partial charge in [0, 0.05) is 11.1 Å². The molecule has 0 bridgehead atoms. The van der Waals surface area contributed by atoms with Gasteiger partial charge in [-0.25, -0.2) is 0 Å². The second-order valence-electron chi connectivity index (χ2n) is 7.61. The van der Waals surface area contributed by atoms with E-state index in [1.54, 1.807) is 26.0 Å². The summed E-state index contributed by atoms with van der Waals surface area (Å²) in [6.07, 6.45) is 5.49. The summed E-state index contributed by atoms with van der Waals surface area (Å²) in [5, 5.41) is 0. The summed E-state index contributed by atoms with van der Waals surface area (Å²) in [5.41, 5.74) is 4.10. The van der Waals surface area contributed by atoms with E-state index in [0.29, 0.717) is 17.5 Å². The predicted molar refractivity (Wildman–Crippen MR) is 106 cm³/mol. The van der Waals surface area contributed by atoms with Gasteiger partial charge in [0.15, 0.2) is 0 Å². The second-order valence-corrected chi connectivity index (χ2v) is 7.61. The van der Waals surface area contributed by atoms with Crippen molar-refractivity contribution in [3.63, 3.8) is 0 Å². The smallest absolute Gasteiger partial charge is 0.309 e. The van der Waals surface area contributed by atoms with Crippen molar-refractivity contribution in [1.29, 1.82) is 0 Å². The Labute approximate surface area is 161 Å². The second kappa shape index (κ2) is 8.94. The van der Waals surface area contributed by atoms with Gasteiger partial charge in [0.2, 0.25) is 17.7 Å². The largest absolute Gasteiger partial charge is 0.445 e. The van der Waals surface area contributed by atoms with Crippen LogP contribution in [0.25, 0.3) is 0 Å². The van der Waals surface area contributed by atoms with Crippen LogP contribution in [0.1, 0.15) is 73.7 Å². The molecule has 1 aliphatic carbocycles. The number of carbonyl (C=O) groups is 3. The summed E-state index contributed by atoms with van der Waals surface area (Å²) in [5.74, 6) is -1.75. The number of carbonyl (C=O) groups excluding carboxylic acids is 3. The summed E-state index contributed by atoms with van der Waals surface area (Å²) in [7, 11) is 0. The molecule has 0 N–H and O–H groups in total. The van der Waals surface area contributed by atoms with Crippen LogP contribution < -0.4 is 0 Å². The lowest BCUT2D eigenvalue weighted by Crippen LogP contribution is -2.30. The van der Waals surface area contributed by atoms with E-state index in [1.807, 2.05) is 6.07 Å². The zero-order valence-corrected chi connectivity index (χ0v) is 16.8. The van der Waals surface area contributed by atoms with Gasteiger partial charge in [-0.3, -0.25) is 14.4 Å². The first-order chi connectivity index (χ1) is 12.7. The van der Waals surface area contributed by atoms with Gasteiger partial charge in [-0.1, -0.05) is 55.3 Å². The van der Waals surface area contributed by atoms with Crippen LogP contribution >= 0.6 is 0 Å². The van der Waals surface area contributed by atoms with Gasteiger partial charge in [0.25, 0.3) is 0 Å². The van der Waals surface area contributed by atoms with Crippen molar-refractivity contribution in [3.8, 4) is 0 Å². The first-order valence-electron chi connectivity index (χ1n) is 9.42. The number of hydrogen-bond donors (Lipinski definition) is 0. The number of allylic oxidation sites excluding steroid dienone is 4. The van der Waals surface area contributed by atoms with Crippen molar-refractivity contribution in [2.75, 3.05) is 0 Å². The van der Waals surface area contributed by atoms with E-state index in [0.717, 1.165) is 18.4 Å². The molecule has 0 radical (unpaired) electrons. The fourth-order valence-corrected chi connectivity index (χ4v) is 2.99. The van der Waals surface area contributed by atoms with E-state index in [-0.39, 0.29) is 5.92 Å². The highest BCUT2D eigenvalue weighted by molar-refractivity contribution is 6.29. The molecule has 0 spiro atoms. The van der Waals surface area contributed by atoms with E-state index >= 15 is 0 Å². The number of rotatable bonds is 7. The van der Waals surface area contributed by atoms with Crippen molar-refractivity contribution in [3.05, 3.63) is 58.2 Å². The fraction of sp³-hybridized carbons (Fsp3) is 0.435. The van der Waals surface area contributed by atoms with E-state index < -0.39 is 23.6 Å². The third-order valence-electron chi connectivity index (χ3n) is 4.61. The first kappa shape index (κ1) is 20.8.